The Morgan fingerprint density at radius 2 is 1.89 bits per heavy atom. The Bertz CT molecular complexity index is 558. The van der Waals surface area contributed by atoms with Crippen LogP contribution in [-0.2, 0) is 19.5 Å². The first kappa shape index (κ1) is 14.0. The molecule has 1 fully saturated rings. The molecule has 1 saturated heterocycles. The van der Waals surface area contributed by atoms with Crippen molar-refractivity contribution >= 4 is 33.2 Å². The average molecular weight is 313 g/mol. The van der Waals surface area contributed by atoms with Gasteiger partial charge < -0.3 is 9.47 Å². The Kier molecular flexibility index (Phi) is 4.12. The fourth-order valence-electron chi connectivity index (χ4n) is 1.60. The third kappa shape index (κ3) is 2.48. The second-order valence-corrected chi connectivity index (χ2v) is 5.91. The second-order valence-electron chi connectivity index (χ2n) is 3.47. The van der Waals surface area contributed by atoms with Crippen molar-refractivity contribution in [2.45, 2.75) is 11.2 Å². The number of hydrazine groups is 1. The lowest BCUT2D eigenvalue weighted by Crippen LogP contribution is -2.31. The van der Waals surface area contributed by atoms with E-state index in [2.05, 4.69) is 0 Å². The summed E-state index contributed by atoms with van der Waals surface area (Å²) >= 11 is 11.7. The number of hydrogen-bond donors (Lipinski definition) is 2. The van der Waals surface area contributed by atoms with E-state index >= 15 is 0 Å². The highest BCUT2D eigenvalue weighted by Crippen LogP contribution is 2.37. The van der Waals surface area contributed by atoms with Crippen LogP contribution >= 0.6 is 23.2 Å². The van der Waals surface area contributed by atoms with Crippen molar-refractivity contribution in [3.63, 3.8) is 0 Å². The molecule has 0 spiro atoms. The lowest BCUT2D eigenvalue weighted by atomic mass is 10.2. The minimum atomic E-state index is -3.97. The number of ether oxygens (including phenoxy) is 2. The Balaban J connectivity index is 2.63. The maximum absolute atomic E-state index is 11.9. The molecule has 9 heteroatoms. The Hall–Kier alpha value is -0.410. The summed E-state index contributed by atoms with van der Waals surface area (Å²) in [7, 11) is -3.97. The number of rotatable bonds is 3. The fraction of sp³-hybridized carbons (Fsp3) is 0.333. The number of nitrogens with two attached hydrogens (primary N) is 1. The molecular formula is C9H10Cl2N2O4S. The van der Waals surface area contributed by atoms with Gasteiger partial charge in [0.1, 0.15) is 4.90 Å². The first-order valence-corrected chi connectivity index (χ1v) is 7.15. The van der Waals surface area contributed by atoms with Crippen molar-refractivity contribution in [1.82, 2.24) is 4.83 Å². The SMILES string of the molecule is NNS(=O)(=O)c1c(C2OCCO2)ccc(Cl)c1Cl. The summed E-state index contributed by atoms with van der Waals surface area (Å²) in [6, 6.07) is 2.95. The van der Waals surface area contributed by atoms with Gasteiger partial charge in [0.25, 0.3) is 10.0 Å². The molecule has 0 saturated carbocycles. The smallest absolute Gasteiger partial charge is 0.255 e. The summed E-state index contributed by atoms with van der Waals surface area (Å²) in [5.41, 5.74) is 0.264. The molecule has 0 radical (unpaired) electrons. The van der Waals surface area contributed by atoms with Crippen molar-refractivity contribution in [2.75, 3.05) is 13.2 Å². The minimum Gasteiger partial charge on any atom is -0.346 e. The molecule has 0 unspecified atom stereocenters. The molecule has 0 bridgehead atoms. The number of sulfonamides is 1. The summed E-state index contributed by atoms with van der Waals surface area (Å²) in [6.45, 7) is 0.751. The summed E-state index contributed by atoms with van der Waals surface area (Å²) in [6.07, 6.45) is -0.794. The van der Waals surface area contributed by atoms with Crippen LogP contribution in [0.5, 0.6) is 0 Å². The molecule has 1 aromatic carbocycles. The van der Waals surface area contributed by atoms with Crippen molar-refractivity contribution in [1.29, 1.82) is 0 Å². The molecule has 6 nitrogen and oxygen atoms in total. The van der Waals surface area contributed by atoms with Crippen molar-refractivity contribution < 1.29 is 17.9 Å². The van der Waals surface area contributed by atoms with Crippen molar-refractivity contribution in [3.05, 3.63) is 27.7 Å². The first-order chi connectivity index (χ1) is 8.47. The molecular weight excluding hydrogens is 303 g/mol. The van der Waals surface area contributed by atoms with Gasteiger partial charge in [-0.1, -0.05) is 29.3 Å². The fourth-order valence-corrected chi connectivity index (χ4v) is 3.23. The van der Waals surface area contributed by atoms with Crippen molar-refractivity contribution in [3.8, 4) is 0 Å². The highest BCUT2D eigenvalue weighted by Gasteiger charge is 2.30. The summed E-state index contributed by atoms with van der Waals surface area (Å²) < 4.78 is 34.2. The van der Waals surface area contributed by atoms with Gasteiger partial charge in [0.05, 0.1) is 23.3 Å². The number of hydrogen-bond acceptors (Lipinski definition) is 5. The van der Waals surface area contributed by atoms with Gasteiger partial charge in [0, 0.05) is 5.56 Å². The van der Waals surface area contributed by atoms with E-state index in [-0.39, 0.29) is 20.5 Å². The predicted molar refractivity (Wildman–Crippen MR) is 65.6 cm³/mol. The number of benzene rings is 1. The molecule has 100 valence electrons. The van der Waals surface area contributed by atoms with Crippen LogP contribution in [0.4, 0.5) is 0 Å². The van der Waals surface area contributed by atoms with E-state index in [1.54, 1.807) is 4.83 Å². The van der Waals surface area contributed by atoms with Gasteiger partial charge in [-0.3, -0.25) is 5.84 Å². The zero-order chi connectivity index (χ0) is 13.3. The predicted octanol–water partition coefficient (Wildman–Crippen LogP) is 1.19. The molecule has 18 heavy (non-hydrogen) atoms. The zero-order valence-corrected chi connectivity index (χ0v) is 11.3. The van der Waals surface area contributed by atoms with Crippen LogP contribution in [-0.4, -0.2) is 21.6 Å². The van der Waals surface area contributed by atoms with Gasteiger partial charge in [0.15, 0.2) is 6.29 Å². The molecule has 0 aromatic heterocycles. The van der Waals surface area contributed by atoms with E-state index in [1.807, 2.05) is 0 Å². The molecule has 2 rings (SSSR count). The molecule has 1 heterocycles. The largest absolute Gasteiger partial charge is 0.346 e. The number of halogens is 2. The van der Waals surface area contributed by atoms with Crippen LogP contribution in [0.1, 0.15) is 11.9 Å². The van der Waals surface area contributed by atoms with Crippen LogP contribution in [0.2, 0.25) is 10.0 Å². The van der Waals surface area contributed by atoms with Crippen LogP contribution in [0, 0.1) is 0 Å². The molecule has 0 amide bonds. The van der Waals surface area contributed by atoms with Gasteiger partial charge >= 0.3 is 0 Å². The molecule has 1 aliphatic heterocycles. The van der Waals surface area contributed by atoms with E-state index in [4.69, 9.17) is 38.5 Å². The Morgan fingerprint density at radius 1 is 1.28 bits per heavy atom. The van der Waals surface area contributed by atoms with Gasteiger partial charge in [-0.15, -0.1) is 4.83 Å². The highest BCUT2D eigenvalue weighted by atomic mass is 35.5. The lowest BCUT2D eigenvalue weighted by Gasteiger charge is -2.16. The van der Waals surface area contributed by atoms with Crippen LogP contribution in [0.15, 0.2) is 17.0 Å². The first-order valence-electron chi connectivity index (χ1n) is 4.91. The van der Waals surface area contributed by atoms with E-state index in [0.717, 1.165) is 0 Å². The standard InChI is InChI=1S/C9H10Cl2N2O4S/c10-6-2-1-5(9-16-3-4-17-9)8(7(6)11)18(14,15)13-12/h1-2,9,13H,3-4,12H2. The zero-order valence-electron chi connectivity index (χ0n) is 9.02. The molecule has 0 aliphatic carbocycles. The topological polar surface area (TPSA) is 90.7 Å². The van der Waals surface area contributed by atoms with Gasteiger partial charge in [0.2, 0.25) is 0 Å². The van der Waals surface area contributed by atoms with Gasteiger partial charge in [-0.05, 0) is 6.07 Å². The maximum Gasteiger partial charge on any atom is 0.255 e. The van der Waals surface area contributed by atoms with Gasteiger partial charge in [-0.25, -0.2) is 8.42 Å². The Labute approximate surface area is 114 Å². The monoisotopic (exact) mass is 312 g/mol. The quantitative estimate of drug-likeness (QED) is 0.646. The minimum absolute atomic E-state index is 0.104. The summed E-state index contributed by atoms with van der Waals surface area (Å²) in [5.74, 6) is 5.00. The summed E-state index contributed by atoms with van der Waals surface area (Å²) in [5, 5.41) is -0.0153. The third-order valence-electron chi connectivity index (χ3n) is 2.38. The molecule has 0 atom stereocenters. The molecule has 1 aromatic rings. The van der Waals surface area contributed by atoms with E-state index in [1.165, 1.54) is 12.1 Å². The third-order valence-corrected chi connectivity index (χ3v) is 4.58. The summed E-state index contributed by atoms with van der Waals surface area (Å²) in [4.78, 5) is 1.48. The van der Waals surface area contributed by atoms with Crippen LogP contribution in [0.25, 0.3) is 0 Å². The average Bonchev–Trinajstić information content (AvgIpc) is 2.85. The normalized spacial score (nSPS) is 17.3. The van der Waals surface area contributed by atoms with E-state index < -0.39 is 16.3 Å². The van der Waals surface area contributed by atoms with E-state index in [0.29, 0.717) is 13.2 Å². The van der Waals surface area contributed by atoms with Crippen molar-refractivity contribution in [2.24, 2.45) is 5.84 Å². The number of nitrogens with one attached hydrogen (secondary N) is 1. The van der Waals surface area contributed by atoms with E-state index in [9.17, 15) is 8.42 Å². The maximum atomic E-state index is 11.9. The second kappa shape index (κ2) is 5.30. The van der Waals surface area contributed by atoms with Crippen LogP contribution in [0.3, 0.4) is 0 Å². The van der Waals surface area contributed by atoms with Gasteiger partial charge in [-0.2, -0.15) is 0 Å². The molecule has 1 aliphatic rings. The Morgan fingerprint density at radius 3 is 2.44 bits per heavy atom. The highest BCUT2D eigenvalue weighted by molar-refractivity contribution is 7.89. The molecule has 3 N–H and O–H groups in total. The van der Waals surface area contributed by atoms with Crippen LogP contribution < -0.4 is 10.7 Å². The lowest BCUT2D eigenvalue weighted by molar-refractivity contribution is -0.0461.